The van der Waals surface area contributed by atoms with E-state index >= 15 is 0 Å². The van der Waals surface area contributed by atoms with Crippen molar-refractivity contribution in [3.63, 3.8) is 0 Å². The molecular formula is C9H5FN2O3. The van der Waals surface area contributed by atoms with Crippen molar-refractivity contribution in [1.82, 2.24) is 4.98 Å². The summed E-state index contributed by atoms with van der Waals surface area (Å²) in [6.45, 7) is 0. The van der Waals surface area contributed by atoms with Gasteiger partial charge in [-0.2, -0.15) is 0 Å². The van der Waals surface area contributed by atoms with Gasteiger partial charge < -0.3 is 10.8 Å². The predicted octanol–water partition coefficient (Wildman–Crippen LogP) is -0.244. The normalized spacial score (nSPS) is 8.87. The molecule has 0 aliphatic rings. The standard InChI is InChI=1S/C9H5FN2O3/c10-7-4-12-5(1-2-8(11)13)3-6(7)9(14)15/h3-4H,(H2,11,13)(H,14,15). The van der Waals surface area contributed by atoms with Gasteiger partial charge in [-0.1, -0.05) is 0 Å². The molecule has 1 aromatic rings. The quantitative estimate of drug-likeness (QED) is 0.622. The minimum Gasteiger partial charge on any atom is -0.478 e. The number of primary amides is 1. The Morgan fingerprint density at radius 2 is 2.20 bits per heavy atom. The Labute approximate surface area is 83.7 Å². The summed E-state index contributed by atoms with van der Waals surface area (Å²) in [5, 5.41) is 8.56. The average molecular weight is 208 g/mol. The average Bonchev–Trinajstić information content (AvgIpc) is 2.16. The van der Waals surface area contributed by atoms with Crippen LogP contribution in [-0.4, -0.2) is 22.0 Å². The molecule has 0 spiro atoms. The zero-order valence-electron chi connectivity index (χ0n) is 7.32. The van der Waals surface area contributed by atoms with Crippen molar-refractivity contribution in [3.05, 3.63) is 29.3 Å². The molecule has 5 nitrogen and oxygen atoms in total. The van der Waals surface area contributed by atoms with Crippen LogP contribution in [0.15, 0.2) is 12.3 Å². The first-order chi connectivity index (χ1) is 7.00. The minimum absolute atomic E-state index is 0.0346. The van der Waals surface area contributed by atoms with Gasteiger partial charge in [0.25, 0.3) is 5.91 Å². The fourth-order valence-electron chi connectivity index (χ4n) is 0.797. The summed E-state index contributed by atoms with van der Waals surface area (Å²) >= 11 is 0. The van der Waals surface area contributed by atoms with Gasteiger partial charge in [0.15, 0.2) is 5.82 Å². The Morgan fingerprint density at radius 1 is 1.53 bits per heavy atom. The highest BCUT2D eigenvalue weighted by Crippen LogP contribution is 2.06. The van der Waals surface area contributed by atoms with E-state index in [1.165, 1.54) is 0 Å². The van der Waals surface area contributed by atoms with Crippen LogP contribution in [0.25, 0.3) is 0 Å². The van der Waals surface area contributed by atoms with Crippen molar-refractivity contribution >= 4 is 11.9 Å². The first kappa shape index (κ1) is 10.7. The number of carboxylic acid groups (broad SMARTS) is 1. The molecule has 0 radical (unpaired) electrons. The summed E-state index contributed by atoms with van der Waals surface area (Å²) in [4.78, 5) is 24.3. The molecule has 1 aromatic heterocycles. The molecule has 0 saturated carbocycles. The highest BCUT2D eigenvalue weighted by Gasteiger charge is 2.10. The molecular weight excluding hydrogens is 203 g/mol. The van der Waals surface area contributed by atoms with Crippen LogP contribution in [0.4, 0.5) is 4.39 Å². The second kappa shape index (κ2) is 4.19. The second-order valence-corrected chi connectivity index (χ2v) is 2.47. The molecule has 0 unspecified atom stereocenters. The zero-order chi connectivity index (χ0) is 11.4. The van der Waals surface area contributed by atoms with Crippen molar-refractivity contribution in [3.8, 4) is 11.8 Å². The number of halogens is 1. The SMILES string of the molecule is NC(=O)C#Cc1cc(C(=O)O)c(F)cn1. The van der Waals surface area contributed by atoms with E-state index < -0.39 is 23.3 Å². The maximum atomic E-state index is 12.8. The predicted molar refractivity (Wildman–Crippen MR) is 47.2 cm³/mol. The van der Waals surface area contributed by atoms with E-state index in [1.807, 2.05) is 5.92 Å². The van der Waals surface area contributed by atoms with E-state index in [4.69, 9.17) is 10.8 Å². The molecule has 0 bridgehead atoms. The van der Waals surface area contributed by atoms with Crippen molar-refractivity contribution in [2.24, 2.45) is 5.73 Å². The van der Waals surface area contributed by atoms with Crippen LogP contribution < -0.4 is 5.73 Å². The second-order valence-electron chi connectivity index (χ2n) is 2.47. The Morgan fingerprint density at radius 3 is 2.73 bits per heavy atom. The lowest BCUT2D eigenvalue weighted by molar-refractivity contribution is -0.112. The Bertz CT molecular complexity index is 488. The largest absolute Gasteiger partial charge is 0.478 e. The number of carboxylic acids is 1. The topological polar surface area (TPSA) is 93.3 Å². The van der Waals surface area contributed by atoms with E-state index in [-0.39, 0.29) is 5.69 Å². The number of aromatic nitrogens is 1. The fourth-order valence-corrected chi connectivity index (χ4v) is 0.797. The van der Waals surface area contributed by atoms with E-state index in [2.05, 4.69) is 10.9 Å². The first-order valence-corrected chi connectivity index (χ1v) is 3.71. The third-order valence-corrected chi connectivity index (χ3v) is 1.40. The smallest absolute Gasteiger partial charge is 0.338 e. The van der Waals surface area contributed by atoms with E-state index in [0.717, 1.165) is 6.07 Å². The van der Waals surface area contributed by atoms with Crippen molar-refractivity contribution in [2.45, 2.75) is 0 Å². The van der Waals surface area contributed by atoms with Gasteiger partial charge in [0.05, 0.1) is 11.8 Å². The van der Waals surface area contributed by atoms with Gasteiger partial charge >= 0.3 is 5.97 Å². The third kappa shape index (κ3) is 2.77. The number of hydrogen-bond donors (Lipinski definition) is 2. The molecule has 0 atom stereocenters. The highest BCUT2D eigenvalue weighted by molar-refractivity contribution is 5.92. The van der Waals surface area contributed by atoms with Crippen LogP contribution in [0.3, 0.4) is 0 Å². The lowest BCUT2D eigenvalue weighted by Gasteiger charge is -1.96. The molecule has 0 fully saturated rings. The zero-order valence-corrected chi connectivity index (χ0v) is 7.32. The van der Waals surface area contributed by atoms with Crippen molar-refractivity contribution in [1.29, 1.82) is 0 Å². The fraction of sp³-hybridized carbons (Fsp3) is 0. The summed E-state index contributed by atoms with van der Waals surface area (Å²) in [5.41, 5.74) is 4.15. The molecule has 76 valence electrons. The number of amides is 1. The summed E-state index contributed by atoms with van der Waals surface area (Å²) in [7, 11) is 0. The summed E-state index contributed by atoms with van der Waals surface area (Å²) in [6, 6.07) is 0.924. The van der Waals surface area contributed by atoms with Crippen LogP contribution in [0.1, 0.15) is 16.1 Å². The van der Waals surface area contributed by atoms with E-state index in [9.17, 15) is 14.0 Å². The lowest BCUT2D eigenvalue weighted by Crippen LogP contribution is -2.06. The monoisotopic (exact) mass is 208 g/mol. The van der Waals surface area contributed by atoms with Gasteiger partial charge in [0, 0.05) is 5.92 Å². The Kier molecular flexibility index (Phi) is 2.98. The number of hydrogen-bond acceptors (Lipinski definition) is 3. The highest BCUT2D eigenvalue weighted by atomic mass is 19.1. The summed E-state index contributed by atoms with van der Waals surface area (Å²) in [5.74, 6) is 0.884. The first-order valence-electron chi connectivity index (χ1n) is 3.71. The van der Waals surface area contributed by atoms with Crippen LogP contribution >= 0.6 is 0 Å². The van der Waals surface area contributed by atoms with E-state index in [1.54, 1.807) is 0 Å². The van der Waals surface area contributed by atoms with Crippen LogP contribution in [-0.2, 0) is 4.79 Å². The molecule has 1 heterocycles. The number of pyridine rings is 1. The molecule has 3 N–H and O–H groups in total. The molecule has 15 heavy (non-hydrogen) atoms. The van der Waals surface area contributed by atoms with Crippen molar-refractivity contribution < 1.29 is 19.1 Å². The number of carbonyl (C=O) groups excluding carboxylic acids is 1. The van der Waals surface area contributed by atoms with Gasteiger partial charge in [-0.05, 0) is 12.0 Å². The van der Waals surface area contributed by atoms with Gasteiger partial charge in [-0.3, -0.25) is 4.79 Å². The van der Waals surface area contributed by atoms with Crippen LogP contribution in [0.5, 0.6) is 0 Å². The molecule has 1 amide bonds. The molecule has 0 aliphatic heterocycles. The number of aromatic carboxylic acids is 1. The van der Waals surface area contributed by atoms with Gasteiger partial charge in [0.1, 0.15) is 5.69 Å². The number of rotatable bonds is 1. The number of carbonyl (C=O) groups is 2. The summed E-state index contributed by atoms with van der Waals surface area (Å²) in [6.07, 6.45) is 0.717. The molecule has 6 heteroatoms. The molecule has 0 aromatic carbocycles. The minimum atomic E-state index is -1.43. The van der Waals surface area contributed by atoms with Crippen LogP contribution in [0.2, 0.25) is 0 Å². The van der Waals surface area contributed by atoms with Gasteiger partial charge in [-0.25, -0.2) is 14.2 Å². The maximum absolute atomic E-state index is 12.8. The molecule has 0 aliphatic carbocycles. The Hall–Kier alpha value is -2.42. The molecule has 0 saturated heterocycles. The van der Waals surface area contributed by atoms with Crippen molar-refractivity contribution in [2.75, 3.05) is 0 Å². The van der Waals surface area contributed by atoms with Crippen LogP contribution in [0, 0.1) is 17.7 Å². The number of nitrogens with zero attached hydrogens (tertiary/aromatic N) is 1. The maximum Gasteiger partial charge on any atom is 0.338 e. The van der Waals surface area contributed by atoms with Gasteiger partial charge in [-0.15, -0.1) is 0 Å². The third-order valence-electron chi connectivity index (χ3n) is 1.40. The molecule has 1 rings (SSSR count). The summed E-state index contributed by atoms with van der Waals surface area (Å²) < 4.78 is 12.8. The van der Waals surface area contributed by atoms with Gasteiger partial charge in [0.2, 0.25) is 0 Å². The number of nitrogens with two attached hydrogens (primary N) is 1. The Balaban J connectivity index is 3.15. The van der Waals surface area contributed by atoms with E-state index in [0.29, 0.717) is 6.20 Å². The lowest BCUT2D eigenvalue weighted by atomic mass is 10.2.